The summed E-state index contributed by atoms with van der Waals surface area (Å²) in [6, 6.07) is 11.8. The Morgan fingerprint density at radius 1 is 1.16 bits per heavy atom. The molecule has 2 aromatic rings. The van der Waals surface area contributed by atoms with Gasteiger partial charge in [0.2, 0.25) is 5.91 Å². The number of nitrogens with one attached hydrogen (secondary N) is 1. The highest BCUT2D eigenvalue weighted by Gasteiger charge is 2.28. The molecule has 0 atom stereocenters. The van der Waals surface area contributed by atoms with Crippen molar-refractivity contribution in [2.45, 2.75) is 0 Å². The third kappa shape index (κ3) is 5.76. The molecule has 0 unspecified atom stereocenters. The number of ketones is 1. The van der Waals surface area contributed by atoms with Gasteiger partial charge in [-0.1, -0.05) is 12.1 Å². The average molecular weight is 441 g/mol. The summed E-state index contributed by atoms with van der Waals surface area (Å²) in [6.07, 6.45) is 0. The number of carbonyl (C=O) groups excluding carboxylic acids is 3. The fraction of sp³-hybridized carbons (Fsp3) is 0.348. The summed E-state index contributed by atoms with van der Waals surface area (Å²) in [5, 5.41) is 2.79. The van der Waals surface area contributed by atoms with Crippen LogP contribution in [-0.2, 0) is 9.59 Å². The minimum Gasteiger partial charge on any atom is -0.493 e. The predicted molar refractivity (Wildman–Crippen MR) is 119 cm³/mol. The second-order valence-electron chi connectivity index (χ2n) is 7.47. The number of benzene rings is 2. The minimum atomic E-state index is -0.352. The molecule has 1 heterocycles. The highest BCUT2D eigenvalue weighted by atomic mass is 16.5. The molecule has 32 heavy (non-hydrogen) atoms. The Bertz CT molecular complexity index is 991. The summed E-state index contributed by atoms with van der Waals surface area (Å²) in [6.45, 7) is 0.624. The van der Waals surface area contributed by atoms with Gasteiger partial charge < -0.3 is 24.4 Å². The maximum Gasteiger partial charge on any atom is 0.265 e. The second kappa shape index (κ2) is 10.6. The van der Waals surface area contributed by atoms with Crippen molar-refractivity contribution >= 4 is 23.3 Å². The fourth-order valence-electron chi connectivity index (χ4n) is 3.13. The van der Waals surface area contributed by atoms with E-state index in [-0.39, 0.29) is 37.4 Å². The van der Waals surface area contributed by atoms with Gasteiger partial charge in [0, 0.05) is 18.7 Å². The molecule has 0 aliphatic carbocycles. The maximum absolute atomic E-state index is 12.7. The largest absolute Gasteiger partial charge is 0.493 e. The molecule has 1 N–H and O–H groups in total. The molecule has 0 aromatic heterocycles. The predicted octanol–water partition coefficient (Wildman–Crippen LogP) is 1.36. The summed E-state index contributed by atoms with van der Waals surface area (Å²) in [4.78, 5) is 40.8. The van der Waals surface area contributed by atoms with Crippen LogP contribution in [0.4, 0.5) is 5.69 Å². The van der Waals surface area contributed by atoms with Gasteiger partial charge in [-0.05, 0) is 44.4 Å². The fourth-order valence-corrected chi connectivity index (χ4v) is 3.13. The molecule has 9 nitrogen and oxygen atoms in total. The van der Waals surface area contributed by atoms with E-state index in [4.69, 9.17) is 14.2 Å². The van der Waals surface area contributed by atoms with E-state index in [0.717, 1.165) is 0 Å². The number of methoxy groups -OCH3 is 1. The van der Waals surface area contributed by atoms with Gasteiger partial charge >= 0.3 is 0 Å². The lowest BCUT2D eigenvalue weighted by molar-refractivity contribution is -0.125. The van der Waals surface area contributed by atoms with Gasteiger partial charge in [-0.2, -0.15) is 0 Å². The van der Waals surface area contributed by atoms with E-state index in [0.29, 0.717) is 41.6 Å². The van der Waals surface area contributed by atoms with Crippen molar-refractivity contribution in [1.29, 1.82) is 0 Å². The molecule has 2 amide bonds. The second-order valence-corrected chi connectivity index (χ2v) is 7.47. The molecule has 0 bridgehead atoms. The van der Waals surface area contributed by atoms with Crippen LogP contribution in [0.25, 0.3) is 0 Å². The number of fused-ring (bicyclic) bond motifs is 1. The van der Waals surface area contributed by atoms with Crippen molar-refractivity contribution in [3.05, 3.63) is 48.0 Å². The van der Waals surface area contributed by atoms with Gasteiger partial charge in [-0.15, -0.1) is 0 Å². The first-order valence-corrected chi connectivity index (χ1v) is 10.2. The number of carbonyl (C=O) groups is 3. The Kier molecular flexibility index (Phi) is 7.67. The van der Waals surface area contributed by atoms with Crippen molar-refractivity contribution in [3.63, 3.8) is 0 Å². The van der Waals surface area contributed by atoms with Crippen LogP contribution in [0.3, 0.4) is 0 Å². The standard InChI is InChI=1S/C23H27N3O6/c1-25(2)11-10-24-22(28)13-26-17-12-16(8-9-19(17)32-15-23(26)29)18(27)14-31-21-7-5-4-6-20(21)30-3/h4-9,12H,10-11,13-15H2,1-3H3,(H,24,28). The third-order valence-electron chi connectivity index (χ3n) is 4.83. The van der Waals surface area contributed by atoms with Crippen LogP contribution in [-0.4, -0.2) is 76.6 Å². The first-order chi connectivity index (χ1) is 15.4. The molecular formula is C23H27N3O6. The number of likely N-dealkylation sites (N-methyl/N-ethyl adjacent to an activating group) is 1. The highest BCUT2D eigenvalue weighted by molar-refractivity contribution is 6.04. The van der Waals surface area contributed by atoms with Gasteiger partial charge in [-0.25, -0.2) is 0 Å². The number of ether oxygens (including phenoxy) is 3. The van der Waals surface area contributed by atoms with E-state index in [2.05, 4.69) is 5.32 Å². The van der Waals surface area contributed by atoms with E-state index in [1.54, 1.807) is 42.5 Å². The number of para-hydroxylation sites is 2. The number of hydrogen-bond donors (Lipinski definition) is 1. The Morgan fingerprint density at radius 3 is 2.62 bits per heavy atom. The van der Waals surface area contributed by atoms with Gasteiger partial charge in [0.25, 0.3) is 5.91 Å². The lowest BCUT2D eigenvalue weighted by Gasteiger charge is -2.29. The van der Waals surface area contributed by atoms with Crippen molar-refractivity contribution in [3.8, 4) is 17.2 Å². The zero-order valence-corrected chi connectivity index (χ0v) is 18.4. The number of amides is 2. The van der Waals surface area contributed by atoms with Crippen LogP contribution < -0.4 is 24.4 Å². The lowest BCUT2D eigenvalue weighted by atomic mass is 10.1. The molecule has 9 heteroatoms. The molecule has 170 valence electrons. The quantitative estimate of drug-likeness (QED) is 0.556. The Balaban J connectivity index is 1.70. The van der Waals surface area contributed by atoms with Gasteiger partial charge in [0.15, 0.2) is 30.5 Å². The Labute approximate surface area is 186 Å². The van der Waals surface area contributed by atoms with E-state index in [1.165, 1.54) is 12.0 Å². The van der Waals surface area contributed by atoms with Crippen molar-refractivity contribution in [2.75, 3.05) is 59.0 Å². The number of anilines is 1. The normalized spacial score (nSPS) is 12.8. The summed E-state index contributed by atoms with van der Waals surface area (Å²) >= 11 is 0. The van der Waals surface area contributed by atoms with E-state index >= 15 is 0 Å². The molecule has 0 spiro atoms. The molecule has 0 radical (unpaired) electrons. The number of Topliss-reactive ketones (excluding diaryl/α,β-unsaturated/α-hetero) is 1. The summed E-state index contributed by atoms with van der Waals surface area (Å²) in [5.41, 5.74) is 0.724. The molecular weight excluding hydrogens is 414 g/mol. The number of hydrogen-bond acceptors (Lipinski definition) is 7. The van der Waals surface area contributed by atoms with E-state index in [9.17, 15) is 14.4 Å². The smallest absolute Gasteiger partial charge is 0.265 e. The average Bonchev–Trinajstić information content (AvgIpc) is 2.79. The van der Waals surface area contributed by atoms with Crippen molar-refractivity contribution in [2.24, 2.45) is 0 Å². The topological polar surface area (TPSA) is 97.4 Å². The highest BCUT2D eigenvalue weighted by Crippen LogP contribution is 2.33. The number of nitrogens with zero attached hydrogens (tertiary/aromatic N) is 2. The third-order valence-corrected chi connectivity index (χ3v) is 4.83. The minimum absolute atomic E-state index is 0.155. The first-order valence-electron chi connectivity index (χ1n) is 10.2. The van der Waals surface area contributed by atoms with Gasteiger partial charge in [0.05, 0.1) is 12.8 Å². The van der Waals surface area contributed by atoms with Crippen molar-refractivity contribution < 1.29 is 28.6 Å². The summed E-state index contributed by atoms with van der Waals surface area (Å²) in [7, 11) is 5.34. The van der Waals surface area contributed by atoms with E-state index < -0.39 is 0 Å². The van der Waals surface area contributed by atoms with Crippen LogP contribution in [0.2, 0.25) is 0 Å². The Hall–Kier alpha value is -3.59. The van der Waals surface area contributed by atoms with Crippen molar-refractivity contribution in [1.82, 2.24) is 10.2 Å². The van der Waals surface area contributed by atoms with Gasteiger partial charge in [0.1, 0.15) is 12.3 Å². The SMILES string of the molecule is COc1ccccc1OCC(=O)c1ccc2c(c1)N(CC(=O)NCCN(C)C)C(=O)CO2. The molecule has 3 rings (SSSR count). The molecule has 0 saturated carbocycles. The zero-order valence-electron chi connectivity index (χ0n) is 18.4. The van der Waals surface area contributed by atoms with Crippen LogP contribution in [0, 0.1) is 0 Å². The maximum atomic E-state index is 12.7. The Morgan fingerprint density at radius 2 is 1.91 bits per heavy atom. The number of rotatable bonds is 10. The summed E-state index contributed by atoms with van der Waals surface area (Å²) < 4.78 is 16.3. The van der Waals surface area contributed by atoms with Crippen LogP contribution in [0.15, 0.2) is 42.5 Å². The molecule has 1 aliphatic rings. The molecule has 0 fully saturated rings. The monoisotopic (exact) mass is 441 g/mol. The molecule has 1 aliphatic heterocycles. The van der Waals surface area contributed by atoms with Crippen LogP contribution >= 0.6 is 0 Å². The van der Waals surface area contributed by atoms with E-state index in [1.807, 2.05) is 19.0 Å². The van der Waals surface area contributed by atoms with Crippen LogP contribution in [0.1, 0.15) is 10.4 Å². The van der Waals surface area contributed by atoms with Gasteiger partial charge in [-0.3, -0.25) is 19.3 Å². The first kappa shape index (κ1) is 23.1. The lowest BCUT2D eigenvalue weighted by Crippen LogP contribution is -2.46. The van der Waals surface area contributed by atoms with Crippen LogP contribution in [0.5, 0.6) is 17.2 Å². The summed E-state index contributed by atoms with van der Waals surface area (Å²) in [5.74, 6) is 0.492. The zero-order chi connectivity index (χ0) is 23.1. The molecule has 0 saturated heterocycles. The molecule has 2 aromatic carbocycles.